The molecule has 0 aliphatic carbocycles. The summed E-state index contributed by atoms with van der Waals surface area (Å²) in [7, 11) is 0. The van der Waals surface area contributed by atoms with Gasteiger partial charge in [0.1, 0.15) is 5.82 Å². The van der Waals surface area contributed by atoms with Gasteiger partial charge in [0, 0.05) is 19.7 Å². The fourth-order valence-corrected chi connectivity index (χ4v) is 1.38. The molecule has 0 atom stereocenters. The van der Waals surface area contributed by atoms with Crippen molar-refractivity contribution in [2.75, 3.05) is 5.32 Å². The molecule has 88 valence electrons. The molecule has 1 rings (SSSR count). The third-order valence-electron chi connectivity index (χ3n) is 2.18. The average molecular weight is 223 g/mol. The lowest BCUT2D eigenvalue weighted by molar-refractivity contribution is -0.114. The van der Waals surface area contributed by atoms with E-state index in [-0.39, 0.29) is 11.6 Å². The van der Waals surface area contributed by atoms with Crippen LogP contribution in [-0.4, -0.2) is 15.5 Å². The molecule has 0 fully saturated rings. The van der Waals surface area contributed by atoms with Crippen LogP contribution in [0.25, 0.3) is 0 Å². The maximum atomic E-state index is 11.5. The zero-order chi connectivity index (χ0) is 12.0. The third kappa shape index (κ3) is 3.84. The number of hydrogen-bond acceptors (Lipinski definition) is 3. The van der Waals surface area contributed by atoms with Crippen molar-refractivity contribution in [2.45, 2.75) is 39.7 Å². The third-order valence-corrected chi connectivity index (χ3v) is 2.18. The van der Waals surface area contributed by atoms with Crippen molar-refractivity contribution in [3.05, 3.63) is 22.7 Å². The van der Waals surface area contributed by atoms with E-state index in [0.717, 1.165) is 19.3 Å². The minimum atomic E-state index is -0.317. The first-order valence-corrected chi connectivity index (χ1v) is 5.48. The Morgan fingerprint density at radius 3 is 2.81 bits per heavy atom. The molecule has 0 spiro atoms. The van der Waals surface area contributed by atoms with E-state index in [0.29, 0.717) is 12.4 Å². The van der Waals surface area contributed by atoms with Gasteiger partial charge in [-0.2, -0.15) is 4.98 Å². The highest BCUT2D eigenvalue weighted by molar-refractivity contribution is 5.87. The maximum Gasteiger partial charge on any atom is 0.349 e. The van der Waals surface area contributed by atoms with Crippen LogP contribution in [0.15, 0.2) is 17.1 Å². The standard InChI is InChI=1S/C11H17N3O2/c1-3-4-5-7-14-8-6-10(12-9(2)15)13-11(14)16/h6,8H,3-5,7H2,1-2H3,(H,12,13,15,16). The fourth-order valence-electron chi connectivity index (χ4n) is 1.38. The monoisotopic (exact) mass is 223 g/mol. The molecule has 5 nitrogen and oxygen atoms in total. The Bertz CT molecular complexity index is 412. The molecule has 1 N–H and O–H groups in total. The Morgan fingerprint density at radius 1 is 1.50 bits per heavy atom. The highest BCUT2D eigenvalue weighted by Crippen LogP contribution is 2.00. The first kappa shape index (κ1) is 12.4. The fraction of sp³-hybridized carbons (Fsp3) is 0.545. The summed E-state index contributed by atoms with van der Waals surface area (Å²) in [6.07, 6.45) is 4.85. The number of aromatic nitrogens is 2. The van der Waals surface area contributed by atoms with E-state index in [1.165, 1.54) is 6.92 Å². The second-order valence-electron chi connectivity index (χ2n) is 3.68. The summed E-state index contributed by atoms with van der Waals surface area (Å²) in [5, 5.41) is 2.48. The van der Waals surface area contributed by atoms with Gasteiger partial charge in [0.15, 0.2) is 0 Å². The number of carbonyl (C=O) groups is 1. The van der Waals surface area contributed by atoms with Crippen LogP contribution < -0.4 is 11.0 Å². The molecule has 1 aromatic heterocycles. The molecule has 1 aromatic rings. The van der Waals surface area contributed by atoms with Crippen molar-refractivity contribution < 1.29 is 4.79 Å². The second-order valence-corrected chi connectivity index (χ2v) is 3.68. The van der Waals surface area contributed by atoms with Gasteiger partial charge in [0.2, 0.25) is 5.91 Å². The van der Waals surface area contributed by atoms with Crippen molar-refractivity contribution in [1.82, 2.24) is 9.55 Å². The predicted octanol–water partition coefficient (Wildman–Crippen LogP) is 1.39. The SMILES string of the molecule is CCCCCn1ccc(NC(C)=O)nc1=O. The van der Waals surface area contributed by atoms with Gasteiger partial charge >= 0.3 is 5.69 Å². The van der Waals surface area contributed by atoms with E-state index >= 15 is 0 Å². The van der Waals surface area contributed by atoms with E-state index in [4.69, 9.17) is 0 Å². The molecule has 0 aromatic carbocycles. The van der Waals surface area contributed by atoms with E-state index < -0.39 is 0 Å². The lowest BCUT2D eigenvalue weighted by atomic mass is 10.2. The molecule has 0 radical (unpaired) electrons. The van der Waals surface area contributed by atoms with Crippen LogP contribution >= 0.6 is 0 Å². The van der Waals surface area contributed by atoms with Gasteiger partial charge in [0.05, 0.1) is 0 Å². The predicted molar refractivity (Wildman–Crippen MR) is 62.3 cm³/mol. The number of nitrogens with one attached hydrogen (secondary N) is 1. The summed E-state index contributed by atoms with van der Waals surface area (Å²) in [6.45, 7) is 4.18. The molecule has 0 saturated carbocycles. The Morgan fingerprint density at radius 2 is 2.25 bits per heavy atom. The average Bonchev–Trinajstić information content (AvgIpc) is 2.20. The Balaban J connectivity index is 2.68. The van der Waals surface area contributed by atoms with Crippen LogP contribution in [0, 0.1) is 0 Å². The van der Waals surface area contributed by atoms with Gasteiger partial charge in [-0.05, 0) is 12.5 Å². The summed E-state index contributed by atoms with van der Waals surface area (Å²) in [4.78, 5) is 26.0. The number of nitrogens with zero attached hydrogens (tertiary/aromatic N) is 2. The molecule has 0 unspecified atom stereocenters. The number of anilines is 1. The number of carbonyl (C=O) groups excluding carboxylic acids is 1. The summed E-state index contributed by atoms with van der Waals surface area (Å²) < 4.78 is 1.56. The summed E-state index contributed by atoms with van der Waals surface area (Å²) in [5.74, 6) is 0.0832. The van der Waals surface area contributed by atoms with Gasteiger partial charge in [-0.3, -0.25) is 9.36 Å². The molecule has 0 aliphatic heterocycles. The Labute approximate surface area is 94.5 Å². The number of aryl methyl sites for hydroxylation is 1. The zero-order valence-corrected chi connectivity index (χ0v) is 9.69. The highest BCUT2D eigenvalue weighted by Gasteiger charge is 2.01. The molecule has 0 saturated heterocycles. The number of rotatable bonds is 5. The van der Waals surface area contributed by atoms with Crippen LogP contribution in [0.5, 0.6) is 0 Å². The Kier molecular flexibility index (Phi) is 4.69. The quantitative estimate of drug-likeness (QED) is 0.767. The van der Waals surface area contributed by atoms with Gasteiger partial charge < -0.3 is 5.32 Å². The minimum absolute atomic E-state index is 0.226. The molecule has 1 heterocycles. The van der Waals surface area contributed by atoms with Gasteiger partial charge in [0.25, 0.3) is 0 Å². The van der Waals surface area contributed by atoms with Crippen LogP contribution in [0.4, 0.5) is 5.82 Å². The zero-order valence-electron chi connectivity index (χ0n) is 9.69. The van der Waals surface area contributed by atoms with Crippen molar-refractivity contribution in [1.29, 1.82) is 0 Å². The molecule has 0 aliphatic rings. The second kappa shape index (κ2) is 6.05. The van der Waals surface area contributed by atoms with E-state index in [9.17, 15) is 9.59 Å². The topological polar surface area (TPSA) is 64.0 Å². The van der Waals surface area contributed by atoms with E-state index in [2.05, 4.69) is 17.2 Å². The van der Waals surface area contributed by atoms with Crippen LogP contribution in [0.2, 0.25) is 0 Å². The normalized spacial score (nSPS) is 10.1. The summed E-state index contributed by atoms with van der Waals surface area (Å²) in [6, 6.07) is 1.63. The molecular weight excluding hydrogens is 206 g/mol. The van der Waals surface area contributed by atoms with Crippen molar-refractivity contribution in [2.24, 2.45) is 0 Å². The van der Waals surface area contributed by atoms with Crippen LogP contribution in [0.1, 0.15) is 33.1 Å². The van der Waals surface area contributed by atoms with Crippen LogP contribution in [-0.2, 0) is 11.3 Å². The maximum absolute atomic E-state index is 11.5. The van der Waals surface area contributed by atoms with Gasteiger partial charge in [-0.1, -0.05) is 19.8 Å². The molecule has 1 amide bonds. The summed E-state index contributed by atoms with van der Waals surface area (Å²) >= 11 is 0. The number of unbranched alkanes of at least 4 members (excludes halogenated alkanes) is 2. The van der Waals surface area contributed by atoms with E-state index in [1.54, 1.807) is 16.8 Å². The largest absolute Gasteiger partial charge is 0.349 e. The molecule has 0 bridgehead atoms. The Hall–Kier alpha value is -1.65. The minimum Gasteiger partial charge on any atom is -0.311 e. The number of amides is 1. The van der Waals surface area contributed by atoms with Gasteiger partial charge in [-0.25, -0.2) is 4.79 Å². The first-order valence-electron chi connectivity index (χ1n) is 5.48. The van der Waals surface area contributed by atoms with Crippen LogP contribution in [0.3, 0.4) is 0 Å². The highest BCUT2D eigenvalue weighted by atomic mass is 16.2. The lowest BCUT2D eigenvalue weighted by Crippen LogP contribution is -2.24. The molecular formula is C11H17N3O2. The molecule has 16 heavy (non-hydrogen) atoms. The van der Waals surface area contributed by atoms with Crippen molar-refractivity contribution in [3.8, 4) is 0 Å². The van der Waals surface area contributed by atoms with Gasteiger partial charge in [-0.15, -0.1) is 0 Å². The molecule has 5 heteroatoms. The van der Waals surface area contributed by atoms with Crippen molar-refractivity contribution >= 4 is 11.7 Å². The van der Waals surface area contributed by atoms with E-state index in [1.807, 2.05) is 0 Å². The smallest absolute Gasteiger partial charge is 0.311 e. The van der Waals surface area contributed by atoms with Crippen molar-refractivity contribution in [3.63, 3.8) is 0 Å². The number of hydrogen-bond donors (Lipinski definition) is 1. The summed E-state index contributed by atoms with van der Waals surface area (Å²) in [5.41, 5.74) is -0.317. The lowest BCUT2D eigenvalue weighted by Gasteiger charge is -2.05. The first-order chi connectivity index (χ1) is 7.63.